The van der Waals surface area contributed by atoms with Gasteiger partial charge >= 0.3 is 0 Å². The van der Waals surface area contributed by atoms with Gasteiger partial charge in [0.2, 0.25) is 0 Å². The molecule has 0 bridgehead atoms. The van der Waals surface area contributed by atoms with E-state index in [4.69, 9.17) is 9.47 Å². The molecule has 1 aliphatic heterocycles. The number of anilines is 2. The number of nitrogens with one attached hydrogen (secondary N) is 1. The van der Waals surface area contributed by atoms with Crippen LogP contribution in [-0.4, -0.2) is 31.1 Å². The molecule has 4 rings (SSSR count). The van der Waals surface area contributed by atoms with Gasteiger partial charge in [0.25, 0.3) is 11.8 Å². The molecule has 0 saturated heterocycles. The number of hydrogen-bond acceptors (Lipinski definition) is 4. The van der Waals surface area contributed by atoms with E-state index >= 15 is 0 Å². The smallest absolute Gasteiger partial charge is 0.267 e. The normalized spacial score (nSPS) is 15.0. The number of nitrogens with zero attached hydrogens (tertiary/aromatic N) is 1. The molecule has 0 saturated carbocycles. The topological polar surface area (TPSA) is 67.9 Å². The predicted octanol–water partition coefficient (Wildman–Crippen LogP) is 4.58. The van der Waals surface area contributed by atoms with Crippen LogP contribution in [0.25, 0.3) is 0 Å². The molecule has 0 fully saturated rings. The molecule has 3 aromatic carbocycles. The summed E-state index contributed by atoms with van der Waals surface area (Å²) in [6.45, 7) is 4.33. The molecule has 1 N–H and O–H groups in total. The van der Waals surface area contributed by atoms with Gasteiger partial charge in [-0.15, -0.1) is 0 Å². The van der Waals surface area contributed by atoms with Crippen molar-refractivity contribution < 1.29 is 23.5 Å². The van der Waals surface area contributed by atoms with E-state index in [1.807, 2.05) is 31.2 Å². The molecule has 0 aliphatic carbocycles. The first-order valence-corrected chi connectivity index (χ1v) is 10.3. The van der Waals surface area contributed by atoms with Crippen LogP contribution in [0.4, 0.5) is 15.8 Å². The molecule has 32 heavy (non-hydrogen) atoms. The standard InChI is InChI=1S/C25H23FN2O4/c1-16-7-10-19(11-8-16)31-14-13-28-22-12-9-18(15-23(22)32-17(2)25(28)30)27-24(29)20-5-3-4-6-21(20)26/h3-12,15,17H,13-14H2,1-2H3,(H,27,29). The van der Waals surface area contributed by atoms with Gasteiger partial charge in [0.05, 0.1) is 17.8 Å². The van der Waals surface area contributed by atoms with Crippen LogP contribution >= 0.6 is 0 Å². The molecule has 1 unspecified atom stereocenters. The van der Waals surface area contributed by atoms with Crippen molar-refractivity contribution in [2.45, 2.75) is 20.0 Å². The van der Waals surface area contributed by atoms with Crippen molar-refractivity contribution in [2.75, 3.05) is 23.4 Å². The Labute approximate surface area is 185 Å². The van der Waals surface area contributed by atoms with Crippen molar-refractivity contribution in [3.05, 3.63) is 83.7 Å². The Balaban J connectivity index is 1.48. The summed E-state index contributed by atoms with van der Waals surface area (Å²) in [6.07, 6.45) is -0.681. The lowest BCUT2D eigenvalue weighted by molar-refractivity contribution is -0.125. The molecule has 6 nitrogen and oxygen atoms in total. The average Bonchev–Trinajstić information content (AvgIpc) is 2.78. The summed E-state index contributed by atoms with van der Waals surface area (Å²) >= 11 is 0. The second kappa shape index (κ2) is 9.09. The number of hydrogen-bond donors (Lipinski definition) is 1. The van der Waals surface area contributed by atoms with E-state index in [0.29, 0.717) is 30.3 Å². The first-order chi connectivity index (χ1) is 15.4. The van der Waals surface area contributed by atoms with Crippen LogP contribution in [0.15, 0.2) is 66.7 Å². The Hall–Kier alpha value is -3.87. The van der Waals surface area contributed by atoms with E-state index in [1.165, 1.54) is 18.2 Å². The van der Waals surface area contributed by atoms with Gasteiger partial charge in [-0.1, -0.05) is 29.8 Å². The van der Waals surface area contributed by atoms with E-state index in [9.17, 15) is 14.0 Å². The maximum absolute atomic E-state index is 13.9. The molecule has 7 heteroatoms. The highest BCUT2D eigenvalue weighted by atomic mass is 19.1. The van der Waals surface area contributed by atoms with Crippen LogP contribution in [-0.2, 0) is 4.79 Å². The van der Waals surface area contributed by atoms with Gasteiger partial charge in [-0.25, -0.2) is 4.39 Å². The van der Waals surface area contributed by atoms with Crippen molar-refractivity contribution in [3.8, 4) is 11.5 Å². The number of rotatable bonds is 6. The summed E-state index contributed by atoms with van der Waals surface area (Å²) in [5, 5.41) is 2.67. The largest absolute Gasteiger partial charge is 0.492 e. The second-order valence-corrected chi connectivity index (χ2v) is 7.53. The maximum Gasteiger partial charge on any atom is 0.267 e. The number of ether oxygens (including phenoxy) is 2. The third-order valence-electron chi connectivity index (χ3n) is 5.15. The minimum atomic E-state index is -0.681. The molecule has 3 aromatic rings. The quantitative estimate of drug-likeness (QED) is 0.617. The van der Waals surface area contributed by atoms with Gasteiger partial charge in [-0.05, 0) is 50.2 Å². The highest BCUT2D eigenvalue weighted by Crippen LogP contribution is 2.36. The molecule has 0 aromatic heterocycles. The molecule has 0 spiro atoms. The Morgan fingerprint density at radius 3 is 2.62 bits per heavy atom. The number of carbonyl (C=O) groups is 2. The summed E-state index contributed by atoms with van der Waals surface area (Å²) in [4.78, 5) is 26.7. The van der Waals surface area contributed by atoms with Crippen LogP contribution in [0.1, 0.15) is 22.8 Å². The summed E-state index contributed by atoms with van der Waals surface area (Å²) in [6, 6.07) is 18.4. The number of benzene rings is 3. The lowest BCUT2D eigenvalue weighted by atomic mass is 10.1. The first kappa shape index (κ1) is 21.4. The number of halogens is 1. The Kier molecular flexibility index (Phi) is 6.07. The Morgan fingerprint density at radius 2 is 1.88 bits per heavy atom. The van der Waals surface area contributed by atoms with E-state index in [2.05, 4.69) is 5.32 Å². The van der Waals surface area contributed by atoms with Crippen molar-refractivity contribution in [1.29, 1.82) is 0 Å². The second-order valence-electron chi connectivity index (χ2n) is 7.53. The third kappa shape index (κ3) is 4.56. The minimum absolute atomic E-state index is 0.0513. The van der Waals surface area contributed by atoms with Crippen molar-refractivity contribution in [3.63, 3.8) is 0 Å². The first-order valence-electron chi connectivity index (χ1n) is 10.3. The van der Waals surface area contributed by atoms with Gasteiger partial charge in [0.15, 0.2) is 6.10 Å². The number of aryl methyl sites for hydroxylation is 1. The molecule has 1 atom stereocenters. The molecular formula is C25H23FN2O4. The third-order valence-corrected chi connectivity index (χ3v) is 5.15. The van der Waals surface area contributed by atoms with Crippen LogP contribution in [0.5, 0.6) is 11.5 Å². The van der Waals surface area contributed by atoms with Crippen LogP contribution < -0.4 is 19.7 Å². The van der Waals surface area contributed by atoms with E-state index in [-0.39, 0.29) is 11.5 Å². The lowest BCUT2D eigenvalue weighted by Gasteiger charge is -2.33. The van der Waals surface area contributed by atoms with Crippen LogP contribution in [0, 0.1) is 12.7 Å². The lowest BCUT2D eigenvalue weighted by Crippen LogP contribution is -2.46. The van der Waals surface area contributed by atoms with Crippen molar-refractivity contribution in [2.24, 2.45) is 0 Å². The van der Waals surface area contributed by atoms with E-state index in [0.717, 1.165) is 11.3 Å². The summed E-state index contributed by atoms with van der Waals surface area (Å²) < 4.78 is 25.4. The zero-order valence-corrected chi connectivity index (χ0v) is 17.8. The zero-order chi connectivity index (χ0) is 22.7. The molecule has 164 valence electrons. The van der Waals surface area contributed by atoms with Gasteiger partial charge < -0.3 is 19.7 Å². The van der Waals surface area contributed by atoms with Gasteiger partial charge in [0.1, 0.15) is 23.9 Å². The molecule has 2 amide bonds. The monoisotopic (exact) mass is 434 g/mol. The minimum Gasteiger partial charge on any atom is -0.492 e. The highest BCUT2D eigenvalue weighted by molar-refractivity contribution is 6.05. The SMILES string of the molecule is Cc1ccc(OCCN2C(=O)C(C)Oc3cc(NC(=O)c4ccccc4F)ccc32)cc1. The number of fused-ring (bicyclic) bond motifs is 1. The summed E-state index contributed by atoms with van der Waals surface area (Å²) in [7, 11) is 0. The fraction of sp³-hybridized carbons (Fsp3) is 0.200. The molecule has 0 radical (unpaired) electrons. The number of amides is 2. The maximum atomic E-state index is 13.9. The zero-order valence-electron chi connectivity index (χ0n) is 17.8. The number of carbonyl (C=O) groups excluding carboxylic acids is 2. The molecule has 1 heterocycles. The van der Waals surface area contributed by atoms with Gasteiger partial charge in [-0.3, -0.25) is 9.59 Å². The van der Waals surface area contributed by atoms with Gasteiger partial charge in [-0.2, -0.15) is 0 Å². The summed E-state index contributed by atoms with van der Waals surface area (Å²) in [5.74, 6) is -0.146. The van der Waals surface area contributed by atoms with Crippen molar-refractivity contribution in [1.82, 2.24) is 0 Å². The Morgan fingerprint density at radius 1 is 1.12 bits per heavy atom. The highest BCUT2D eigenvalue weighted by Gasteiger charge is 2.31. The van der Waals surface area contributed by atoms with Crippen LogP contribution in [0.2, 0.25) is 0 Å². The van der Waals surface area contributed by atoms with Crippen LogP contribution in [0.3, 0.4) is 0 Å². The van der Waals surface area contributed by atoms with E-state index < -0.39 is 17.8 Å². The average molecular weight is 434 g/mol. The Bertz CT molecular complexity index is 1150. The fourth-order valence-electron chi connectivity index (χ4n) is 3.45. The fourth-order valence-corrected chi connectivity index (χ4v) is 3.45. The predicted molar refractivity (Wildman–Crippen MR) is 120 cm³/mol. The summed E-state index contributed by atoms with van der Waals surface area (Å²) in [5.41, 5.74) is 2.12. The molecule has 1 aliphatic rings. The van der Waals surface area contributed by atoms with Crippen molar-refractivity contribution >= 4 is 23.2 Å². The van der Waals surface area contributed by atoms with Gasteiger partial charge in [0, 0.05) is 11.8 Å². The van der Waals surface area contributed by atoms with E-state index in [1.54, 1.807) is 36.1 Å². The molecular weight excluding hydrogens is 411 g/mol.